The summed E-state index contributed by atoms with van der Waals surface area (Å²) in [7, 11) is -3.83. The Bertz CT molecular complexity index is 738. The van der Waals surface area contributed by atoms with Gasteiger partial charge in [0.25, 0.3) is 10.0 Å². The van der Waals surface area contributed by atoms with Crippen molar-refractivity contribution < 1.29 is 12.8 Å². The summed E-state index contributed by atoms with van der Waals surface area (Å²) in [6.45, 7) is 4.09. The molecule has 1 aromatic heterocycles. The van der Waals surface area contributed by atoms with Crippen LogP contribution >= 0.6 is 0 Å². The van der Waals surface area contributed by atoms with Crippen molar-refractivity contribution in [2.24, 2.45) is 5.14 Å². The van der Waals surface area contributed by atoms with Crippen LogP contribution in [-0.4, -0.2) is 18.0 Å². The fourth-order valence-corrected chi connectivity index (χ4v) is 2.48. The monoisotopic (exact) mass is 297 g/mol. The van der Waals surface area contributed by atoms with Crippen LogP contribution < -0.4 is 5.14 Å². The third-order valence-electron chi connectivity index (χ3n) is 3.10. The number of primary sulfonamides is 1. The first kappa shape index (κ1) is 14.7. The second-order valence-electron chi connectivity index (χ2n) is 4.59. The quantitative estimate of drug-likeness (QED) is 0.931. The summed E-state index contributed by atoms with van der Waals surface area (Å²) in [6.07, 6.45) is 1.95. The number of rotatable bonds is 4. The molecular weight excluding hydrogens is 281 g/mol. The van der Waals surface area contributed by atoms with E-state index in [1.807, 2.05) is 13.8 Å². The number of aromatic nitrogens is 2. The molecule has 7 heteroatoms. The van der Waals surface area contributed by atoms with Crippen LogP contribution in [0.1, 0.15) is 23.9 Å². The second kappa shape index (κ2) is 5.34. The lowest BCUT2D eigenvalue weighted by Gasteiger charge is -2.09. The van der Waals surface area contributed by atoms with Crippen molar-refractivity contribution in [3.05, 3.63) is 47.2 Å². The number of hydrogen-bond donors (Lipinski definition) is 1. The molecule has 1 aromatic carbocycles. The van der Waals surface area contributed by atoms with E-state index in [1.165, 1.54) is 18.3 Å². The molecule has 0 spiro atoms. The molecule has 0 unspecified atom stereocenters. The molecule has 1 heterocycles. The summed E-state index contributed by atoms with van der Waals surface area (Å²) in [5.74, 6) is 0.271. The Kier molecular flexibility index (Phi) is 3.92. The zero-order chi connectivity index (χ0) is 14.9. The van der Waals surface area contributed by atoms with Crippen LogP contribution in [0.4, 0.5) is 4.39 Å². The first-order valence-corrected chi connectivity index (χ1v) is 7.69. The van der Waals surface area contributed by atoms with Crippen molar-refractivity contribution in [2.45, 2.75) is 31.8 Å². The van der Waals surface area contributed by atoms with Gasteiger partial charge in [-0.2, -0.15) is 0 Å². The van der Waals surface area contributed by atoms with E-state index in [0.717, 1.165) is 11.1 Å². The fraction of sp³-hybridized carbons (Fsp3) is 0.308. The largest absolute Gasteiger partial charge is 0.329 e. The fourth-order valence-electron chi connectivity index (χ4n) is 1.98. The van der Waals surface area contributed by atoms with Crippen LogP contribution in [0.3, 0.4) is 0 Å². The van der Waals surface area contributed by atoms with Crippen LogP contribution in [0, 0.1) is 12.7 Å². The van der Waals surface area contributed by atoms with E-state index in [2.05, 4.69) is 4.98 Å². The van der Waals surface area contributed by atoms with E-state index in [9.17, 15) is 12.8 Å². The number of imidazole rings is 1. The summed E-state index contributed by atoms with van der Waals surface area (Å²) in [5.41, 5.74) is 1.71. The van der Waals surface area contributed by atoms with Gasteiger partial charge in [-0.1, -0.05) is 13.0 Å². The topological polar surface area (TPSA) is 78.0 Å². The lowest BCUT2D eigenvalue weighted by Crippen LogP contribution is -2.12. The maximum Gasteiger partial charge on any atom is 0.257 e. The van der Waals surface area contributed by atoms with Crippen LogP contribution in [0.5, 0.6) is 0 Å². The van der Waals surface area contributed by atoms with E-state index in [4.69, 9.17) is 5.14 Å². The smallest absolute Gasteiger partial charge is 0.257 e. The molecule has 5 nitrogen and oxygen atoms in total. The minimum atomic E-state index is -3.83. The first-order valence-electron chi connectivity index (χ1n) is 6.15. The van der Waals surface area contributed by atoms with Gasteiger partial charge in [-0.15, -0.1) is 0 Å². The van der Waals surface area contributed by atoms with E-state index in [1.54, 1.807) is 10.6 Å². The Balaban J connectivity index is 2.43. The van der Waals surface area contributed by atoms with Gasteiger partial charge in [0.1, 0.15) is 11.6 Å². The van der Waals surface area contributed by atoms with E-state index < -0.39 is 10.0 Å². The number of aryl methyl sites for hydroxylation is 2. The van der Waals surface area contributed by atoms with Gasteiger partial charge in [-0.05, 0) is 30.2 Å². The number of hydrogen-bond acceptors (Lipinski definition) is 3. The molecule has 0 aliphatic heterocycles. The highest BCUT2D eigenvalue weighted by Crippen LogP contribution is 2.15. The highest BCUT2D eigenvalue weighted by Gasteiger charge is 2.16. The lowest BCUT2D eigenvalue weighted by atomic mass is 10.1. The molecule has 0 amide bonds. The van der Waals surface area contributed by atoms with Crippen LogP contribution in [-0.2, 0) is 23.0 Å². The number of sulfonamides is 1. The van der Waals surface area contributed by atoms with Gasteiger partial charge in [0.15, 0.2) is 5.03 Å². The van der Waals surface area contributed by atoms with Crippen LogP contribution in [0.25, 0.3) is 0 Å². The summed E-state index contributed by atoms with van der Waals surface area (Å²) in [4.78, 5) is 4.00. The van der Waals surface area contributed by atoms with Gasteiger partial charge in [0.2, 0.25) is 0 Å². The predicted octanol–water partition coefficient (Wildman–Crippen LogP) is 1.59. The van der Waals surface area contributed by atoms with Crippen molar-refractivity contribution in [2.75, 3.05) is 0 Å². The molecule has 0 bridgehead atoms. The summed E-state index contributed by atoms with van der Waals surface area (Å²) < 4.78 is 37.6. The van der Waals surface area contributed by atoms with Gasteiger partial charge in [0, 0.05) is 19.2 Å². The highest BCUT2D eigenvalue weighted by molar-refractivity contribution is 7.89. The molecule has 108 valence electrons. The lowest BCUT2D eigenvalue weighted by molar-refractivity contribution is 0.594. The molecule has 0 fully saturated rings. The van der Waals surface area contributed by atoms with E-state index in [0.29, 0.717) is 18.8 Å². The molecule has 20 heavy (non-hydrogen) atoms. The average molecular weight is 297 g/mol. The van der Waals surface area contributed by atoms with Crippen molar-refractivity contribution in [1.29, 1.82) is 0 Å². The zero-order valence-electron chi connectivity index (χ0n) is 11.3. The minimum Gasteiger partial charge on any atom is -0.329 e. The number of benzene rings is 1. The van der Waals surface area contributed by atoms with E-state index in [-0.39, 0.29) is 10.8 Å². The highest BCUT2D eigenvalue weighted by atomic mass is 32.2. The molecule has 2 aromatic rings. The molecule has 0 aliphatic carbocycles. The first-order chi connectivity index (χ1) is 9.31. The molecular formula is C13H16FN3O2S. The number of halogens is 1. The Hall–Kier alpha value is -1.73. The SMILES string of the molecule is CCc1nc(S(N)(=O)=O)cn1Cc1cc(F)ccc1C. The van der Waals surface area contributed by atoms with Crippen molar-refractivity contribution in [3.8, 4) is 0 Å². The third kappa shape index (κ3) is 3.05. The molecule has 0 saturated heterocycles. The Labute approximate surface area is 117 Å². The standard InChI is InChI=1S/C13H16FN3O2S/c1-3-12-16-13(20(15,18)19)8-17(12)7-10-6-11(14)5-4-9(10)2/h4-6,8H,3,7H2,1-2H3,(H2,15,18,19). The summed E-state index contributed by atoms with van der Waals surface area (Å²) in [6, 6.07) is 4.52. The minimum absolute atomic E-state index is 0.164. The van der Waals surface area contributed by atoms with Gasteiger partial charge < -0.3 is 4.57 Å². The maximum absolute atomic E-state index is 13.3. The molecule has 2 N–H and O–H groups in total. The molecule has 0 saturated carbocycles. The van der Waals surface area contributed by atoms with Crippen molar-refractivity contribution in [1.82, 2.24) is 9.55 Å². The third-order valence-corrected chi connectivity index (χ3v) is 3.88. The Morgan fingerprint density at radius 2 is 2.10 bits per heavy atom. The average Bonchev–Trinajstić information content (AvgIpc) is 2.77. The van der Waals surface area contributed by atoms with Crippen LogP contribution in [0.15, 0.2) is 29.4 Å². The number of nitrogens with zero attached hydrogens (tertiary/aromatic N) is 2. The predicted molar refractivity (Wildman–Crippen MR) is 73.2 cm³/mol. The summed E-state index contributed by atoms with van der Waals surface area (Å²) in [5, 5.41) is 4.91. The molecule has 0 aliphatic rings. The van der Waals surface area contributed by atoms with Crippen LogP contribution in [0.2, 0.25) is 0 Å². The molecule has 0 atom stereocenters. The van der Waals surface area contributed by atoms with Gasteiger partial charge in [0.05, 0.1) is 0 Å². The second-order valence-corrected chi connectivity index (χ2v) is 6.10. The Morgan fingerprint density at radius 3 is 2.70 bits per heavy atom. The van der Waals surface area contributed by atoms with Gasteiger partial charge >= 0.3 is 0 Å². The van der Waals surface area contributed by atoms with Gasteiger partial charge in [-0.25, -0.2) is 22.9 Å². The zero-order valence-corrected chi connectivity index (χ0v) is 12.1. The molecule has 2 rings (SSSR count). The Morgan fingerprint density at radius 1 is 1.40 bits per heavy atom. The van der Waals surface area contributed by atoms with Crippen molar-refractivity contribution in [3.63, 3.8) is 0 Å². The molecule has 0 radical (unpaired) electrons. The maximum atomic E-state index is 13.3. The normalized spacial score (nSPS) is 11.8. The van der Waals surface area contributed by atoms with Gasteiger partial charge in [-0.3, -0.25) is 0 Å². The number of nitrogens with two attached hydrogens (primary N) is 1. The van der Waals surface area contributed by atoms with Crippen molar-refractivity contribution >= 4 is 10.0 Å². The summed E-state index contributed by atoms with van der Waals surface area (Å²) >= 11 is 0. The van der Waals surface area contributed by atoms with E-state index >= 15 is 0 Å².